The molecule has 0 bridgehead atoms. The van der Waals surface area contributed by atoms with Crippen molar-refractivity contribution in [1.82, 2.24) is 10.2 Å². The molecule has 0 radical (unpaired) electrons. The summed E-state index contributed by atoms with van der Waals surface area (Å²) in [6, 6.07) is 1.77. The lowest BCUT2D eigenvalue weighted by Gasteiger charge is -2.42. The molecule has 1 saturated carbocycles. The molecule has 0 aromatic rings. The minimum absolute atomic E-state index is 0.855. The second-order valence-electron chi connectivity index (χ2n) is 7.89. The lowest BCUT2D eigenvalue weighted by molar-refractivity contribution is 0.0796. The van der Waals surface area contributed by atoms with Gasteiger partial charge in [0.15, 0.2) is 0 Å². The van der Waals surface area contributed by atoms with E-state index < -0.39 is 0 Å². The summed E-state index contributed by atoms with van der Waals surface area (Å²) in [6.07, 6.45) is 11.6. The molecule has 2 heteroatoms. The van der Waals surface area contributed by atoms with E-state index in [1.807, 2.05) is 0 Å². The van der Waals surface area contributed by atoms with Gasteiger partial charge in [-0.05, 0) is 88.8 Å². The summed E-state index contributed by atoms with van der Waals surface area (Å²) in [4.78, 5) is 2.84. The van der Waals surface area contributed by atoms with Gasteiger partial charge in [-0.25, -0.2) is 0 Å². The van der Waals surface area contributed by atoms with Gasteiger partial charge in [0, 0.05) is 12.1 Å². The van der Waals surface area contributed by atoms with E-state index in [0.717, 1.165) is 29.8 Å². The van der Waals surface area contributed by atoms with Crippen molar-refractivity contribution in [2.24, 2.45) is 17.8 Å². The first-order chi connectivity index (χ1) is 9.74. The normalized spacial score (nSPS) is 37.6. The fourth-order valence-corrected chi connectivity index (χ4v) is 4.93. The van der Waals surface area contributed by atoms with Crippen LogP contribution in [-0.4, -0.2) is 36.6 Å². The van der Waals surface area contributed by atoms with E-state index in [2.05, 4.69) is 24.1 Å². The molecule has 0 aromatic heterocycles. The lowest BCUT2D eigenvalue weighted by atomic mass is 9.78. The summed E-state index contributed by atoms with van der Waals surface area (Å²) in [5.41, 5.74) is 0. The molecule has 3 fully saturated rings. The van der Waals surface area contributed by atoms with Gasteiger partial charge in [-0.2, -0.15) is 0 Å². The van der Waals surface area contributed by atoms with E-state index in [1.54, 1.807) is 0 Å². The second kappa shape index (κ2) is 6.79. The molecule has 2 aliphatic heterocycles. The molecule has 0 spiro atoms. The van der Waals surface area contributed by atoms with Crippen LogP contribution in [-0.2, 0) is 0 Å². The zero-order valence-electron chi connectivity index (χ0n) is 13.6. The summed E-state index contributed by atoms with van der Waals surface area (Å²) in [5.74, 6) is 2.88. The summed E-state index contributed by atoms with van der Waals surface area (Å²) < 4.78 is 0. The van der Waals surface area contributed by atoms with Crippen molar-refractivity contribution < 1.29 is 0 Å². The Kier molecular flexibility index (Phi) is 5.04. The van der Waals surface area contributed by atoms with Crippen LogP contribution in [0.5, 0.6) is 0 Å². The second-order valence-corrected chi connectivity index (χ2v) is 7.89. The van der Waals surface area contributed by atoms with E-state index in [9.17, 15) is 0 Å². The van der Waals surface area contributed by atoms with Gasteiger partial charge < -0.3 is 10.2 Å². The molecule has 0 amide bonds. The van der Waals surface area contributed by atoms with E-state index in [-0.39, 0.29) is 0 Å². The van der Waals surface area contributed by atoms with Gasteiger partial charge in [-0.15, -0.1) is 0 Å². The Morgan fingerprint density at radius 3 is 2.15 bits per heavy atom. The monoisotopic (exact) mass is 278 g/mol. The van der Waals surface area contributed by atoms with Gasteiger partial charge in [-0.1, -0.05) is 13.8 Å². The smallest absolute Gasteiger partial charge is 0.00967 e. The average molecular weight is 278 g/mol. The SMILES string of the molecule is CC(C)C1CCC(N2CCC(C3CCCN3)CC2)CC1. The van der Waals surface area contributed by atoms with Gasteiger partial charge in [0.25, 0.3) is 0 Å². The van der Waals surface area contributed by atoms with Crippen LogP contribution in [0.25, 0.3) is 0 Å². The molecule has 1 N–H and O–H groups in total. The molecule has 2 nitrogen and oxygen atoms in total. The first kappa shape index (κ1) is 14.8. The number of rotatable bonds is 3. The standard InChI is InChI=1S/C18H34N2/c1-14(2)15-5-7-17(8-6-15)20-12-9-16(10-13-20)18-4-3-11-19-18/h14-19H,3-13H2,1-2H3. The number of hydrogen-bond donors (Lipinski definition) is 1. The Morgan fingerprint density at radius 1 is 0.900 bits per heavy atom. The van der Waals surface area contributed by atoms with E-state index >= 15 is 0 Å². The third-order valence-corrected chi connectivity index (χ3v) is 6.44. The molecule has 1 atom stereocenters. The Labute approximate surface area is 125 Å². The molecular weight excluding hydrogens is 244 g/mol. The highest BCUT2D eigenvalue weighted by Gasteiger charge is 2.32. The third-order valence-electron chi connectivity index (χ3n) is 6.44. The summed E-state index contributed by atoms with van der Waals surface area (Å²) in [7, 11) is 0. The quantitative estimate of drug-likeness (QED) is 0.847. The lowest BCUT2D eigenvalue weighted by Crippen LogP contribution is -2.46. The molecule has 2 heterocycles. The van der Waals surface area contributed by atoms with Crippen molar-refractivity contribution in [3.63, 3.8) is 0 Å². The number of likely N-dealkylation sites (tertiary alicyclic amines) is 1. The van der Waals surface area contributed by atoms with Crippen LogP contribution in [0.1, 0.15) is 65.2 Å². The highest BCUT2D eigenvalue weighted by molar-refractivity contribution is 4.88. The first-order valence-electron chi connectivity index (χ1n) is 9.21. The minimum Gasteiger partial charge on any atom is -0.314 e. The van der Waals surface area contributed by atoms with Crippen LogP contribution < -0.4 is 5.32 Å². The maximum atomic E-state index is 3.72. The van der Waals surface area contributed by atoms with Gasteiger partial charge in [-0.3, -0.25) is 0 Å². The van der Waals surface area contributed by atoms with E-state index in [0.29, 0.717) is 0 Å². The van der Waals surface area contributed by atoms with Gasteiger partial charge in [0.2, 0.25) is 0 Å². The Morgan fingerprint density at radius 2 is 1.60 bits per heavy atom. The largest absolute Gasteiger partial charge is 0.314 e. The maximum absolute atomic E-state index is 3.72. The van der Waals surface area contributed by atoms with Gasteiger partial charge in [0.1, 0.15) is 0 Å². The maximum Gasteiger partial charge on any atom is 0.00967 e. The average Bonchev–Trinajstić information content (AvgIpc) is 3.02. The third kappa shape index (κ3) is 3.39. The molecule has 1 unspecified atom stereocenters. The zero-order valence-corrected chi connectivity index (χ0v) is 13.6. The molecule has 2 saturated heterocycles. The van der Waals surface area contributed by atoms with Gasteiger partial charge >= 0.3 is 0 Å². The summed E-state index contributed by atoms with van der Waals surface area (Å²) in [5, 5.41) is 3.72. The van der Waals surface area contributed by atoms with Crippen LogP contribution in [0.2, 0.25) is 0 Å². The Hall–Kier alpha value is -0.0800. The van der Waals surface area contributed by atoms with E-state index in [4.69, 9.17) is 0 Å². The Balaban J connectivity index is 1.42. The Bertz CT molecular complexity index is 280. The van der Waals surface area contributed by atoms with Crippen LogP contribution in [0.15, 0.2) is 0 Å². The summed E-state index contributed by atoms with van der Waals surface area (Å²) in [6.45, 7) is 8.83. The molecule has 3 rings (SSSR count). The van der Waals surface area contributed by atoms with Crippen molar-refractivity contribution in [1.29, 1.82) is 0 Å². The molecular formula is C18H34N2. The topological polar surface area (TPSA) is 15.3 Å². The molecule has 20 heavy (non-hydrogen) atoms. The van der Waals surface area contributed by atoms with E-state index in [1.165, 1.54) is 71.0 Å². The van der Waals surface area contributed by atoms with Crippen molar-refractivity contribution in [2.75, 3.05) is 19.6 Å². The van der Waals surface area contributed by atoms with Crippen molar-refractivity contribution >= 4 is 0 Å². The molecule has 3 aliphatic rings. The summed E-state index contributed by atoms with van der Waals surface area (Å²) >= 11 is 0. The number of hydrogen-bond acceptors (Lipinski definition) is 2. The zero-order chi connectivity index (χ0) is 13.9. The fraction of sp³-hybridized carbons (Fsp3) is 1.00. The van der Waals surface area contributed by atoms with Crippen LogP contribution in [0.4, 0.5) is 0 Å². The van der Waals surface area contributed by atoms with Crippen LogP contribution in [0.3, 0.4) is 0 Å². The first-order valence-corrected chi connectivity index (χ1v) is 9.21. The predicted octanol–water partition coefficient (Wildman–Crippen LogP) is 3.67. The van der Waals surface area contributed by atoms with Crippen molar-refractivity contribution in [2.45, 2.75) is 77.3 Å². The number of nitrogens with zero attached hydrogens (tertiary/aromatic N) is 1. The predicted molar refractivity (Wildman–Crippen MR) is 85.9 cm³/mol. The molecule has 0 aromatic carbocycles. The molecule has 1 aliphatic carbocycles. The molecule has 116 valence electrons. The number of piperidine rings is 1. The van der Waals surface area contributed by atoms with Crippen molar-refractivity contribution in [3.05, 3.63) is 0 Å². The van der Waals surface area contributed by atoms with Crippen LogP contribution in [0, 0.1) is 17.8 Å². The van der Waals surface area contributed by atoms with Gasteiger partial charge in [0.05, 0.1) is 0 Å². The highest BCUT2D eigenvalue weighted by atomic mass is 15.2. The van der Waals surface area contributed by atoms with Crippen LogP contribution >= 0.6 is 0 Å². The minimum atomic E-state index is 0.855. The number of nitrogens with one attached hydrogen (secondary N) is 1. The van der Waals surface area contributed by atoms with Crippen molar-refractivity contribution in [3.8, 4) is 0 Å². The highest BCUT2D eigenvalue weighted by Crippen LogP contribution is 2.34. The fourth-order valence-electron chi connectivity index (χ4n) is 4.93.